The van der Waals surface area contributed by atoms with Gasteiger partial charge in [-0.25, -0.2) is 13.4 Å². The second kappa shape index (κ2) is 3.53. The van der Waals surface area contributed by atoms with E-state index >= 15 is 0 Å². The maximum atomic E-state index is 12.4. The normalized spacial score (nSPS) is 18.8. The number of aliphatic imine (C=N–C) groups is 1. The lowest BCUT2D eigenvalue weighted by Gasteiger charge is -2.07. The molecule has 0 atom stereocenters. The smallest absolute Gasteiger partial charge is 0.223 e. The number of allylic oxidation sites excluding steroid dienone is 1. The molecule has 0 saturated heterocycles. The minimum Gasteiger partial charge on any atom is -0.245 e. The zero-order valence-electron chi connectivity index (χ0n) is 9.60. The Hall–Kier alpha value is -1.42. The summed E-state index contributed by atoms with van der Waals surface area (Å²) in [7, 11) is -3.39. The molecule has 3 nitrogen and oxygen atoms in total. The Labute approximate surface area is 101 Å². The molecule has 2 bridgehead atoms. The van der Waals surface area contributed by atoms with E-state index in [1.54, 1.807) is 12.1 Å². The van der Waals surface area contributed by atoms with Gasteiger partial charge < -0.3 is 0 Å². The van der Waals surface area contributed by atoms with Gasteiger partial charge in [-0.2, -0.15) is 0 Å². The summed E-state index contributed by atoms with van der Waals surface area (Å²) in [5.74, 6) is 0. The number of fused-ring (bicyclic) bond motifs is 2. The standard InChI is InChI=1S/C13H13NO2S/c1-9-2-6-12(7-3-9)17(15,16)13-10-4-5-11(8-10)14-13/h2-3,6-7H,4-5,8H2,1H3. The first-order chi connectivity index (χ1) is 8.07. The Morgan fingerprint density at radius 3 is 2.35 bits per heavy atom. The molecule has 2 aliphatic rings. The van der Waals surface area contributed by atoms with Crippen molar-refractivity contribution in [1.29, 1.82) is 0 Å². The average Bonchev–Trinajstić information content (AvgIpc) is 2.91. The van der Waals surface area contributed by atoms with Crippen LogP contribution < -0.4 is 0 Å². The van der Waals surface area contributed by atoms with E-state index in [0.29, 0.717) is 9.92 Å². The highest BCUT2D eigenvalue weighted by molar-refractivity contribution is 7.95. The molecule has 0 unspecified atom stereocenters. The Morgan fingerprint density at radius 1 is 1.12 bits per heavy atom. The van der Waals surface area contributed by atoms with Crippen molar-refractivity contribution in [3.8, 4) is 0 Å². The van der Waals surface area contributed by atoms with E-state index in [-0.39, 0.29) is 0 Å². The van der Waals surface area contributed by atoms with Crippen molar-refractivity contribution >= 4 is 15.5 Å². The number of sulfone groups is 1. The van der Waals surface area contributed by atoms with Gasteiger partial charge in [0.25, 0.3) is 0 Å². The molecule has 0 radical (unpaired) electrons. The van der Waals surface area contributed by atoms with Crippen LogP contribution in [0.1, 0.15) is 24.8 Å². The zero-order chi connectivity index (χ0) is 12.0. The van der Waals surface area contributed by atoms with Crippen molar-refractivity contribution in [2.75, 3.05) is 0 Å². The van der Waals surface area contributed by atoms with Gasteiger partial charge >= 0.3 is 0 Å². The largest absolute Gasteiger partial charge is 0.245 e. The second-order valence-corrected chi connectivity index (χ2v) is 6.44. The van der Waals surface area contributed by atoms with E-state index in [0.717, 1.165) is 36.1 Å². The lowest BCUT2D eigenvalue weighted by atomic mass is 10.2. The molecule has 4 heteroatoms. The summed E-state index contributed by atoms with van der Waals surface area (Å²) in [6.07, 6.45) is 2.56. The molecule has 1 fully saturated rings. The van der Waals surface area contributed by atoms with E-state index in [1.165, 1.54) is 0 Å². The quantitative estimate of drug-likeness (QED) is 0.806. The molecule has 1 aromatic rings. The van der Waals surface area contributed by atoms with Gasteiger partial charge in [-0.05, 0) is 37.5 Å². The van der Waals surface area contributed by atoms with Crippen LogP contribution in [0, 0.1) is 6.92 Å². The van der Waals surface area contributed by atoms with Crippen molar-refractivity contribution < 1.29 is 8.42 Å². The minimum absolute atomic E-state index is 0.308. The van der Waals surface area contributed by atoms with Gasteiger partial charge in [-0.1, -0.05) is 17.7 Å². The molecule has 1 aromatic carbocycles. The average molecular weight is 247 g/mol. The molecule has 1 saturated carbocycles. The Kier molecular flexibility index (Phi) is 2.23. The Morgan fingerprint density at radius 2 is 1.82 bits per heavy atom. The van der Waals surface area contributed by atoms with Gasteiger partial charge in [0, 0.05) is 12.1 Å². The van der Waals surface area contributed by atoms with Gasteiger partial charge in [0.15, 0.2) is 5.03 Å². The van der Waals surface area contributed by atoms with E-state index < -0.39 is 9.84 Å². The summed E-state index contributed by atoms with van der Waals surface area (Å²) in [6.45, 7) is 1.94. The highest BCUT2D eigenvalue weighted by Gasteiger charge is 2.32. The molecule has 0 amide bonds. The first-order valence-electron chi connectivity index (χ1n) is 5.67. The lowest BCUT2D eigenvalue weighted by molar-refractivity contribution is 0.601. The van der Waals surface area contributed by atoms with Crippen molar-refractivity contribution in [1.82, 2.24) is 0 Å². The number of benzene rings is 1. The van der Waals surface area contributed by atoms with Crippen LogP contribution in [0.2, 0.25) is 0 Å². The van der Waals surface area contributed by atoms with Crippen molar-refractivity contribution in [3.63, 3.8) is 0 Å². The third-order valence-electron chi connectivity index (χ3n) is 3.28. The molecule has 17 heavy (non-hydrogen) atoms. The van der Waals surface area contributed by atoms with Crippen LogP contribution in [-0.2, 0) is 9.84 Å². The summed E-state index contributed by atoms with van der Waals surface area (Å²) in [5.41, 5.74) is 3.06. The van der Waals surface area contributed by atoms with Gasteiger partial charge in [0.1, 0.15) is 0 Å². The van der Waals surface area contributed by atoms with Crippen molar-refractivity contribution in [2.45, 2.75) is 31.1 Å². The maximum Gasteiger partial charge on any atom is 0.223 e. The topological polar surface area (TPSA) is 46.5 Å². The molecule has 0 spiro atoms. The Balaban J connectivity index is 2.09. The van der Waals surface area contributed by atoms with Crippen LogP contribution in [0.25, 0.3) is 0 Å². The fraction of sp³-hybridized carbons (Fsp3) is 0.308. The highest BCUT2D eigenvalue weighted by atomic mass is 32.2. The molecular formula is C13H13NO2S. The van der Waals surface area contributed by atoms with E-state index in [2.05, 4.69) is 4.99 Å². The molecule has 88 valence electrons. The first-order valence-corrected chi connectivity index (χ1v) is 7.16. The van der Waals surface area contributed by atoms with Crippen molar-refractivity contribution in [3.05, 3.63) is 40.4 Å². The van der Waals surface area contributed by atoms with E-state index in [1.807, 2.05) is 19.1 Å². The van der Waals surface area contributed by atoms with Crippen LogP contribution in [0.15, 0.2) is 44.8 Å². The predicted octanol–water partition coefficient (Wildman–Crippen LogP) is 2.62. The SMILES string of the molecule is Cc1ccc(S(=O)(=O)C2=C3CCC(=N2)C3)cc1. The molecule has 1 aliphatic heterocycles. The maximum absolute atomic E-state index is 12.4. The number of hydrogen-bond acceptors (Lipinski definition) is 3. The van der Waals surface area contributed by atoms with Crippen LogP contribution in [0.5, 0.6) is 0 Å². The van der Waals surface area contributed by atoms with E-state index in [4.69, 9.17) is 0 Å². The fourth-order valence-corrected chi connectivity index (χ4v) is 3.82. The van der Waals surface area contributed by atoms with E-state index in [9.17, 15) is 8.42 Å². The summed E-state index contributed by atoms with van der Waals surface area (Å²) < 4.78 is 24.7. The summed E-state index contributed by atoms with van der Waals surface area (Å²) in [4.78, 5) is 4.58. The molecule has 0 aromatic heterocycles. The van der Waals surface area contributed by atoms with Crippen LogP contribution in [0.4, 0.5) is 0 Å². The third kappa shape index (κ3) is 1.63. The summed E-state index contributed by atoms with van der Waals surface area (Å²) in [5, 5.41) is 0.308. The van der Waals surface area contributed by atoms with Gasteiger partial charge in [-0.15, -0.1) is 0 Å². The molecule has 0 N–H and O–H groups in total. The Bertz CT molecular complexity index is 637. The molecule has 3 rings (SSSR count). The predicted molar refractivity (Wildman–Crippen MR) is 66.7 cm³/mol. The van der Waals surface area contributed by atoms with Crippen LogP contribution >= 0.6 is 0 Å². The lowest BCUT2D eigenvalue weighted by Crippen LogP contribution is -2.05. The number of aryl methyl sites for hydroxylation is 1. The van der Waals surface area contributed by atoms with Gasteiger partial charge in [0.05, 0.1) is 4.90 Å². The summed E-state index contributed by atoms with van der Waals surface area (Å²) in [6, 6.07) is 6.95. The number of rotatable bonds is 2. The van der Waals surface area contributed by atoms with Crippen LogP contribution in [-0.4, -0.2) is 14.1 Å². The molecule has 1 heterocycles. The minimum atomic E-state index is -3.39. The molecular weight excluding hydrogens is 234 g/mol. The third-order valence-corrected chi connectivity index (χ3v) is 5.06. The molecule has 1 aliphatic carbocycles. The van der Waals surface area contributed by atoms with Gasteiger partial charge in [0.2, 0.25) is 9.84 Å². The second-order valence-electron chi connectivity index (χ2n) is 4.58. The number of hydrogen-bond donors (Lipinski definition) is 0. The number of nitrogens with zero attached hydrogens (tertiary/aromatic N) is 1. The van der Waals surface area contributed by atoms with Crippen molar-refractivity contribution in [2.24, 2.45) is 4.99 Å². The summed E-state index contributed by atoms with van der Waals surface area (Å²) >= 11 is 0. The van der Waals surface area contributed by atoms with Crippen LogP contribution in [0.3, 0.4) is 0 Å². The first kappa shape index (κ1) is 10.7. The fourth-order valence-electron chi connectivity index (χ4n) is 2.30. The van der Waals surface area contributed by atoms with Gasteiger partial charge in [-0.3, -0.25) is 0 Å². The highest BCUT2D eigenvalue weighted by Crippen LogP contribution is 2.37. The zero-order valence-corrected chi connectivity index (χ0v) is 10.4. The monoisotopic (exact) mass is 247 g/mol.